The van der Waals surface area contributed by atoms with Crippen LogP contribution in [0.2, 0.25) is 0 Å². The van der Waals surface area contributed by atoms with Gasteiger partial charge >= 0.3 is 12.0 Å². The number of urea groups is 1. The monoisotopic (exact) mass is 256 g/mol. The van der Waals surface area contributed by atoms with Gasteiger partial charge in [-0.2, -0.15) is 0 Å². The number of nitrogens with one attached hydrogen (secondary N) is 2. The van der Waals surface area contributed by atoms with Crippen molar-refractivity contribution in [2.75, 3.05) is 19.8 Å². The third-order valence-electron chi connectivity index (χ3n) is 3.89. The Bertz CT molecular complexity index is 346. The third-order valence-corrected chi connectivity index (χ3v) is 3.89. The Labute approximate surface area is 106 Å². The Morgan fingerprint density at radius 3 is 2.33 bits per heavy atom. The first-order chi connectivity index (χ1) is 8.46. The molecule has 0 aromatic heterocycles. The maximum absolute atomic E-state index is 11.8. The minimum atomic E-state index is -1.17. The summed E-state index contributed by atoms with van der Waals surface area (Å²) >= 11 is 0. The van der Waals surface area contributed by atoms with Crippen LogP contribution in [0.15, 0.2) is 0 Å². The molecule has 0 aromatic carbocycles. The van der Waals surface area contributed by atoms with E-state index in [1.807, 2.05) is 0 Å². The van der Waals surface area contributed by atoms with E-state index < -0.39 is 17.5 Å². The molecule has 1 aliphatic carbocycles. The fourth-order valence-electron chi connectivity index (χ4n) is 2.06. The van der Waals surface area contributed by atoms with Gasteiger partial charge in [-0.05, 0) is 18.3 Å². The number of rotatable bonds is 4. The van der Waals surface area contributed by atoms with Crippen LogP contribution in [-0.2, 0) is 9.53 Å². The molecule has 102 valence electrons. The van der Waals surface area contributed by atoms with E-state index in [1.54, 1.807) is 0 Å². The molecule has 1 saturated heterocycles. The van der Waals surface area contributed by atoms with Crippen molar-refractivity contribution < 1.29 is 19.4 Å². The van der Waals surface area contributed by atoms with Gasteiger partial charge in [-0.15, -0.1) is 0 Å². The van der Waals surface area contributed by atoms with Crippen molar-refractivity contribution in [1.29, 1.82) is 0 Å². The average Bonchev–Trinajstić information content (AvgIpc) is 3.07. The minimum Gasteiger partial charge on any atom is -0.480 e. The van der Waals surface area contributed by atoms with Gasteiger partial charge in [0.25, 0.3) is 0 Å². The summed E-state index contributed by atoms with van der Waals surface area (Å²) in [6.45, 7) is 3.44. The van der Waals surface area contributed by atoms with Gasteiger partial charge in [0.05, 0.1) is 0 Å². The molecule has 0 spiro atoms. The van der Waals surface area contributed by atoms with Crippen LogP contribution < -0.4 is 10.6 Å². The van der Waals surface area contributed by atoms with Crippen molar-refractivity contribution in [2.45, 2.75) is 38.1 Å². The van der Waals surface area contributed by atoms with Crippen molar-refractivity contribution >= 4 is 12.0 Å². The van der Waals surface area contributed by atoms with Crippen LogP contribution in [0.4, 0.5) is 4.79 Å². The highest BCUT2D eigenvalue weighted by atomic mass is 16.5. The van der Waals surface area contributed by atoms with E-state index in [-0.39, 0.29) is 5.41 Å². The van der Waals surface area contributed by atoms with Gasteiger partial charge in [-0.3, -0.25) is 0 Å². The van der Waals surface area contributed by atoms with Gasteiger partial charge in [0.15, 0.2) is 0 Å². The Morgan fingerprint density at radius 2 is 1.83 bits per heavy atom. The van der Waals surface area contributed by atoms with Crippen molar-refractivity contribution in [2.24, 2.45) is 5.41 Å². The first kappa shape index (κ1) is 13.1. The molecular weight excluding hydrogens is 236 g/mol. The summed E-state index contributed by atoms with van der Waals surface area (Å²) in [6.07, 6.45) is 2.86. The molecule has 1 saturated carbocycles. The summed E-state index contributed by atoms with van der Waals surface area (Å²) in [7, 11) is 0. The van der Waals surface area contributed by atoms with Crippen molar-refractivity contribution in [3.8, 4) is 0 Å². The highest BCUT2D eigenvalue weighted by Gasteiger charge is 2.42. The highest BCUT2D eigenvalue weighted by molar-refractivity contribution is 5.86. The van der Waals surface area contributed by atoms with Crippen LogP contribution in [-0.4, -0.2) is 42.4 Å². The third kappa shape index (κ3) is 2.93. The Morgan fingerprint density at radius 1 is 1.22 bits per heavy atom. The highest BCUT2D eigenvalue weighted by Crippen LogP contribution is 2.44. The zero-order valence-corrected chi connectivity index (χ0v) is 10.6. The number of hydrogen-bond donors (Lipinski definition) is 3. The minimum absolute atomic E-state index is 0.212. The molecule has 18 heavy (non-hydrogen) atoms. The number of aliphatic carboxylic acids is 1. The van der Waals surface area contributed by atoms with Gasteiger partial charge in [0.1, 0.15) is 5.54 Å². The molecule has 1 heterocycles. The number of ether oxygens (including phenoxy) is 1. The molecule has 2 rings (SSSR count). The molecule has 3 N–H and O–H groups in total. The van der Waals surface area contributed by atoms with E-state index in [2.05, 4.69) is 17.6 Å². The molecule has 0 unspecified atom stereocenters. The quantitative estimate of drug-likeness (QED) is 0.691. The van der Waals surface area contributed by atoms with E-state index >= 15 is 0 Å². The predicted octanol–water partition coefficient (Wildman–Crippen LogP) is 0.719. The molecule has 0 bridgehead atoms. The fraction of sp³-hybridized carbons (Fsp3) is 0.833. The predicted molar refractivity (Wildman–Crippen MR) is 64.3 cm³/mol. The first-order valence-corrected chi connectivity index (χ1v) is 6.33. The maximum atomic E-state index is 11.8. The number of hydrogen-bond acceptors (Lipinski definition) is 3. The van der Waals surface area contributed by atoms with E-state index in [0.717, 1.165) is 12.8 Å². The summed E-state index contributed by atoms with van der Waals surface area (Å²) < 4.78 is 5.15. The standard InChI is InChI=1S/C12H20N2O4/c1-11(2-3-11)8-13-10(17)14-12(9(15)16)4-6-18-7-5-12/h2-8H2,1H3,(H,15,16)(H2,13,14,17). The number of carboxylic acid groups (broad SMARTS) is 1. The van der Waals surface area contributed by atoms with Gasteiger partial charge in [-0.25, -0.2) is 9.59 Å². The van der Waals surface area contributed by atoms with Gasteiger partial charge in [0, 0.05) is 32.6 Å². The molecule has 6 nitrogen and oxygen atoms in total. The van der Waals surface area contributed by atoms with Crippen molar-refractivity contribution in [1.82, 2.24) is 10.6 Å². The number of carbonyl (C=O) groups excluding carboxylic acids is 1. The Hall–Kier alpha value is -1.30. The van der Waals surface area contributed by atoms with Crippen LogP contribution in [0.5, 0.6) is 0 Å². The number of carboxylic acids is 1. The lowest BCUT2D eigenvalue weighted by Gasteiger charge is -2.33. The normalized spacial score (nSPS) is 24.1. The Kier molecular flexibility index (Phi) is 3.47. The van der Waals surface area contributed by atoms with E-state index in [4.69, 9.17) is 4.74 Å². The van der Waals surface area contributed by atoms with Crippen molar-refractivity contribution in [3.63, 3.8) is 0 Å². The summed E-state index contributed by atoms with van der Waals surface area (Å²) in [5, 5.41) is 14.6. The smallest absolute Gasteiger partial charge is 0.329 e. The summed E-state index contributed by atoms with van der Waals surface area (Å²) in [4.78, 5) is 23.1. The van der Waals surface area contributed by atoms with Gasteiger partial charge < -0.3 is 20.5 Å². The molecule has 2 fully saturated rings. The zero-order valence-electron chi connectivity index (χ0n) is 10.6. The lowest BCUT2D eigenvalue weighted by Crippen LogP contribution is -2.60. The lowest BCUT2D eigenvalue weighted by molar-refractivity contribution is -0.148. The number of carbonyl (C=O) groups is 2. The molecule has 0 atom stereocenters. The number of amides is 2. The lowest BCUT2D eigenvalue weighted by atomic mass is 9.90. The van der Waals surface area contributed by atoms with Gasteiger partial charge in [0.2, 0.25) is 0 Å². The average molecular weight is 256 g/mol. The second-order valence-corrected chi connectivity index (χ2v) is 5.62. The first-order valence-electron chi connectivity index (χ1n) is 6.33. The van der Waals surface area contributed by atoms with Gasteiger partial charge in [-0.1, -0.05) is 6.92 Å². The van der Waals surface area contributed by atoms with Crippen LogP contribution in [0.1, 0.15) is 32.6 Å². The Balaban J connectivity index is 1.87. The molecular formula is C12H20N2O4. The largest absolute Gasteiger partial charge is 0.480 e. The molecule has 0 radical (unpaired) electrons. The van der Waals surface area contributed by atoms with Crippen LogP contribution >= 0.6 is 0 Å². The second kappa shape index (κ2) is 4.76. The van der Waals surface area contributed by atoms with E-state index in [0.29, 0.717) is 32.6 Å². The van der Waals surface area contributed by atoms with E-state index in [9.17, 15) is 14.7 Å². The molecule has 2 amide bonds. The van der Waals surface area contributed by atoms with E-state index in [1.165, 1.54) is 0 Å². The van der Waals surface area contributed by atoms with Crippen LogP contribution in [0, 0.1) is 5.41 Å². The van der Waals surface area contributed by atoms with Crippen LogP contribution in [0.25, 0.3) is 0 Å². The molecule has 1 aliphatic heterocycles. The summed E-state index contributed by atoms with van der Waals surface area (Å²) in [5.74, 6) is -0.987. The summed E-state index contributed by atoms with van der Waals surface area (Å²) in [5.41, 5.74) is -0.962. The summed E-state index contributed by atoms with van der Waals surface area (Å²) in [6, 6.07) is -0.396. The molecule has 6 heteroatoms. The molecule has 0 aromatic rings. The van der Waals surface area contributed by atoms with Crippen LogP contribution in [0.3, 0.4) is 0 Å². The second-order valence-electron chi connectivity index (χ2n) is 5.62. The van der Waals surface area contributed by atoms with Crippen molar-refractivity contribution in [3.05, 3.63) is 0 Å². The molecule has 2 aliphatic rings. The zero-order chi connectivity index (χ0) is 13.2. The SMILES string of the molecule is CC1(CNC(=O)NC2(C(=O)O)CCOCC2)CC1. The maximum Gasteiger partial charge on any atom is 0.329 e. The fourth-order valence-corrected chi connectivity index (χ4v) is 2.06. The topological polar surface area (TPSA) is 87.7 Å².